The summed E-state index contributed by atoms with van der Waals surface area (Å²) in [6.45, 7) is 3.11. The van der Waals surface area contributed by atoms with Crippen molar-refractivity contribution in [3.8, 4) is 0 Å². The van der Waals surface area contributed by atoms with Crippen LogP contribution in [-0.2, 0) is 10.0 Å². The van der Waals surface area contributed by atoms with E-state index in [0.29, 0.717) is 13.1 Å². The van der Waals surface area contributed by atoms with E-state index in [1.807, 2.05) is 6.92 Å². The lowest BCUT2D eigenvalue weighted by Gasteiger charge is -2.03. The molecular weight excluding hydrogens is 250 g/mol. The van der Waals surface area contributed by atoms with Gasteiger partial charge in [0.05, 0.1) is 11.2 Å². The van der Waals surface area contributed by atoms with E-state index in [1.165, 1.54) is 6.34 Å². The highest BCUT2D eigenvalue weighted by atomic mass is 32.2. The molecule has 18 heavy (non-hydrogen) atoms. The first-order valence-corrected chi connectivity index (χ1v) is 7.32. The third-order valence-corrected chi connectivity index (χ3v) is 3.68. The smallest absolute Gasteiger partial charge is 0.262 e. The minimum atomic E-state index is -3.49. The van der Waals surface area contributed by atoms with Gasteiger partial charge in [0.1, 0.15) is 0 Å². The van der Waals surface area contributed by atoms with Gasteiger partial charge in [0, 0.05) is 6.54 Å². The molecule has 6 heteroatoms. The molecule has 0 aliphatic heterocycles. The van der Waals surface area contributed by atoms with Crippen LogP contribution in [0, 0.1) is 6.92 Å². The Morgan fingerprint density at radius 1 is 1.28 bits per heavy atom. The Bertz CT molecular complexity index is 481. The molecule has 0 bridgehead atoms. The molecular formula is C12H19N3O2S. The summed E-state index contributed by atoms with van der Waals surface area (Å²) in [6, 6.07) is 6.65. The largest absolute Gasteiger partial charge is 0.330 e. The fourth-order valence-electron chi connectivity index (χ4n) is 1.30. The van der Waals surface area contributed by atoms with Crippen LogP contribution in [0.15, 0.2) is 34.2 Å². The number of nitrogens with two attached hydrogens (primary N) is 1. The highest BCUT2D eigenvalue weighted by Crippen LogP contribution is 2.08. The van der Waals surface area contributed by atoms with E-state index < -0.39 is 10.0 Å². The van der Waals surface area contributed by atoms with Crippen LogP contribution in [0.25, 0.3) is 0 Å². The number of benzene rings is 1. The molecule has 0 atom stereocenters. The zero-order valence-electron chi connectivity index (χ0n) is 10.5. The SMILES string of the molecule is Cc1ccc(S(=O)(=O)NC=NCCCCN)cc1. The lowest BCUT2D eigenvalue weighted by molar-refractivity contribution is 0.593. The van der Waals surface area contributed by atoms with Crippen molar-refractivity contribution in [3.63, 3.8) is 0 Å². The molecule has 0 spiro atoms. The highest BCUT2D eigenvalue weighted by Gasteiger charge is 2.10. The van der Waals surface area contributed by atoms with Gasteiger partial charge in [0.2, 0.25) is 0 Å². The topological polar surface area (TPSA) is 84.5 Å². The van der Waals surface area contributed by atoms with E-state index in [9.17, 15) is 8.42 Å². The van der Waals surface area contributed by atoms with Crippen LogP contribution >= 0.6 is 0 Å². The summed E-state index contributed by atoms with van der Waals surface area (Å²) in [5, 5.41) is 0. The molecule has 0 aliphatic rings. The molecule has 1 aromatic rings. The highest BCUT2D eigenvalue weighted by molar-refractivity contribution is 7.90. The Morgan fingerprint density at radius 3 is 2.56 bits per heavy atom. The first kappa shape index (κ1) is 14.7. The normalized spacial score (nSPS) is 11.9. The summed E-state index contributed by atoms with van der Waals surface area (Å²) >= 11 is 0. The number of nitrogens with one attached hydrogen (secondary N) is 1. The summed E-state index contributed by atoms with van der Waals surface area (Å²) in [4.78, 5) is 4.20. The molecule has 0 fully saturated rings. The Balaban J connectivity index is 2.52. The van der Waals surface area contributed by atoms with Crippen LogP contribution in [0.3, 0.4) is 0 Å². The van der Waals surface area contributed by atoms with E-state index >= 15 is 0 Å². The van der Waals surface area contributed by atoms with E-state index in [-0.39, 0.29) is 4.90 Å². The maximum atomic E-state index is 11.8. The zero-order valence-corrected chi connectivity index (χ0v) is 11.3. The van der Waals surface area contributed by atoms with Crippen LogP contribution in [0.2, 0.25) is 0 Å². The van der Waals surface area contributed by atoms with Gasteiger partial charge in [-0.15, -0.1) is 0 Å². The van der Waals surface area contributed by atoms with Crippen molar-refractivity contribution in [1.29, 1.82) is 0 Å². The molecule has 0 amide bonds. The Morgan fingerprint density at radius 2 is 1.94 bits per heavy atom. The molecule has 3 N–H and O–H groups in total. The molecule has 0 saturated carbocycles. The second-order valence-electron chi connectivity index (χ2n) is 3.97. The third kappa shape index (κ3) is 4.85. The van der Waals surface area contributed by atoms with Crippen LogP contribution in [0.4, 0.5) is 0 Å². The summed E-state index contributed by atoms with van der Waals surface area (Å²) in [7, 11) is -3.49. The summed E-state index contributed by atoms with van der Waals surface area (Å²) in [6.07, 6.45) is 2.98. The van der Waals surface area contributed by atoms with Crippen molar-refractivity contribution in [2.75, 3.05) is 13.1 Å². The lowest BCUT2D eigenvalue weighted by Crippen LogP contribution is -2.22. The molecule has 0 saturated heterocycles. The number of hydrogen-bond acceptors (Lipinski definition) is 4. The second kappa shape index (κ2) is 7.13. The monoisotopic (exact) mass is 269 g/mol. The number of sulfonamides is 1. The molecule has 0 unspecified atom stereocenters. The van der Waals surface area contributed by atoms with Gasteiger partial charge in [0.15, 0.2) is 0 Å². The van der Waals surface area contributed by atoms with Crippen LogP contribution in [-0.4, -0.2) is 27.8 Å². The number of nitrogens with zero attached hydrogens (tertiary/aromatic N) is 1. The van der Waals surface area contributed by atoms with Crippen molar-refractivity contribution in [2.45, 2.75) is 24.7 Å². The van der Waals surface area contributed by atoms with Gasteiger partial charge in [0.25, 0.3) is 10.0 Å². The predicted molar refractivity (Wildman–Crippen MR) is 73.1 cm³/mol. The molecule has 1 aromatic carbocycles. The van der Waals surface area contributed by atoms with Gasteiger partial charge in [-0.2, -0.15) is 0 Å². The Kier molecular flexibility index (Phi) is 5.80. The molecule has 0 heterocycles. The van der Waals surface area contributed by atoms with Crippen LogP contribution < -0.4 is 10.5 Å². The average Bonchev–Trinajstić information content (AvgIpc) is 2.34. The minimum Gasteiger partial charge on any atom is -0.330 e. The van der Waals surface area contributed by atoms with E-state index in [1.54, 1.807) is 24.3 Å². The summed E-state index contributed by atoms with van der Waals surface area (Å²) in [5.74, 6) is 0. The summed E-state index contributed by atoms with van der Waals surface area (Å²) < 4.78 is 25.9. The van der Waals surface area contributed by atoms with Crippen LogP contribution in [0.5, 0.6) is 0 Å². The van der Waals surface area contributed by atoms with Gasteiger partial charge < -0.3 is 5.73 Å². The predicted octanol–water partition coefficient (Wildman–Crippen LogP) is 1.04. The van der Waals surface area contributed by atoms with Gasteiger partial charge in [-0.25, -0.2) is 8.42 Å². The van der Waals surface area contributed by atoms with E-state index in [2.05, 4.69) is 9.71 Å². The van der Waals surface area contributed by atoms with Crippen molar-refractivity contribution in [2.24, 2.45) is 10.7 Å². The molecule has 5 nitrogen and oxygen atoms in total. The van der Waals surface area contributed by atoms with Gasteiger partial charge >= 0.3 is 0 Å². The van der Waals surface area contributed by atoms with Crippen molar-refractivity contribution in [1.82, 2.24) is 4.72 Å². The maximum Gasteiger partial charge on any atom is 0.262 e. The minimum absolute atomic E-state index is 0.238. The molecule has 0 aromatic heterocycles. The fourth-order valence-corrected chi connectivity index (χ4v) is 2.15. The number of unbranched alkanes of at least 4 members (excludes halogenated alkanes) is 1. The number of aliphatic imine (C=N–C) groups is 1. The zero-order chi connectivity index (χ0) is 13.4. The first-order chi connectivity index (χ1) is 8.56. The molecule has 1 rings (SSSR count). The van der Waals surface area contributed by atoms with E-state index in [0.717, 1.165) is 18.4 Å². The number of rotatable bonds is 7. The van der Waals surface area contributed by atoms with Gasteiger partial charge in [-0.3, -0.25) is 9.71 Å². The Hall–Kier alpha value is -1.40. The first-order valence-electron chi connectivity index (χ1n) is 5.83. The lowest BCUT2D eigenvalue weighted by atomic mass is 10.2. The van der Waals surface area contributed by atoms with Gasteiger partial charge in [-0.1, -0.05) is 17.7 Å². The standard InChI is InChI=1S/C12H19N3O2S/c1-11-4-6-12(7-5-11)18(16,17)15-10-14-9-3-2-8-13/h4-7,10H,2-3,8-9,13H2,1H3,(H,14,15). The van der Waals surface area contributed by atoms with Crippen molar-refractivity contribution in [3.05, 3.63) is 29.8 Å². The summed E-state index contributed by atoms with van der Waals surface area (Å²) in [5.41, 5.74) is 6.36. The van der Waals surface area contributed by atoms with Crippen LogP contribution in [0.1, 0.15) is 18.4 Å². The maximum absolute atomic E-state index is 11.8. The van der Waals surface area contributed by atoms with Gasteiger partial charge in [-0.05, 0) is 38.4 Å². The number of hydrogen-bond donors (Lipinski definition) is 2. The molecule has 0 radical (unpaired) electrons. The molecule has 100 valence electrons. The number of aryl methyl sites for hydroxylation is 1. The average molecular weight is 269 g/mol. The molecule has 0 aliphatic carbocycles. The second-order valence-corrected chi connectivity index (χ2v) is 5.68. The van der Waals surface area contributed by atoms with Crippen molar-refractivity contribution < 1.29 is 8.42 Å². The van der Waals surface area contributed by atoms with E-state index in [4.69, 9.17) is 5.73 Å². The van der Waals surface area contributed by atoms with Crippen molar-refractivity contribution >= 4 is 16.4 Å². The third-order valence-electron chi connectivity index (χ3n) is 2.37. The Labute approximate surface area is 108 Å². The quantitative estimate of drug-likeness (QED) is 0.440. The fraction of sp³-hybridized carbons (Fsp3) is 0.417.